The zero-order valence-corrected chi connectivity index (χ0v) is 15.0. The second kappa shape index (κ2) is 6.88. The van der Waals surface area contributed by atoms with E-state index in [2.05, 4.69) is 10.3 Å². The highest BCUT2D eigenvalue weighted by molar-refractivity contribution is 6.32. The number of amides is 1. The second-order valence-corrected chi connectivity index (χ2v) is 6.65. The maximum Gasteiger partial charge on any atom is 0.228 e. The van der Waals surface area contributed by atoms with Gasteiger partial charge in [-0.05, 0) is 35.9 Å². The molecule has 2 heterocycles. The van der Waals surface area contributed by atoms with Gasteiger partial charge in [-0.25, -0.2) is 4.98 Å². The maximum atomic E-state index is 12.4. The van der Waals surface area contributed by atoms with Gasteiger partial charge in [0.1, 0.15) is 0 Å². The molecule has 2 aromatic carbocycles. The van der Waals surface area contributed by atoms with Gasteiger partial charge < -0.3 is 19.4 Å². The summed E-state index contributed by atoms with van der Waals surface area (Å²) in [5.41, 5.74) is 3.35. The molecule has 134 valence electrons. The third kappa shape index (κ3) is 3.32. The summed E-state index contributed by atoms with van der Waals surface area (Å²) in [4.78, 5) is 16.7. The van der Waals surface area contributed by atoms with Gasteiger partial charge in [0, 0.05) is 19.2 Å². The fourth-order valence-corrected chi connectivity index (χ4v) is 3.27. The summed E-state index contributed by atoms with van der Waals surface area (Å²) in [6.07, 6.45) is 2.74. The minimum Gasteiger partial charge on any atom is -0.489 e. The van der Waals surface area contributed by atoms with Crippen molar-refractivity contribution >= 4 is 34.2 Å². The van der Waals surface area contributed by atoms with Crippen LogP contribution >= 0.6 is 11.6 Å². The lowest BCUT2D eigenvalue weighted by molar-refractivity contribution is -0.115. The Balaban J connectivity index is 1.51. The van der Waals surface area contributed by atoms with Crippen molar-refractivity contribution in [3.05, 3.63) is 47.2 Å². The van der Waals surface area contributed by atoms with E-state index in [0.717, 1.165) is 28.7 Å². The number of hydrogen-bond donors (Lipinski definition) is 1. The van der Waals surface area contributed by atoms with E-state index in [4.69, 9.17) is 21.1 Å². The Hall–Kier alpha value is -2.73. The zero-order chi connectivity index (χ0) is 18.1. The molecule has 0 radical (unpaired) electrons. The van der Waals surface area contributed by atoms with Crippen molar-refractivity contribution in [1.82, 2.24) is 9.55 Å². The number of halogens is 1. The van der Waals surface area contributed by atoms with Crippen LogP contribution in [0.3, 0.4) is 0 Å². The number of aromatic nitrogens is 2. The number of nitrogens with one attached hydrogen (secondary N) is 1. The average Bonchev–Trinajstić information content (AvgIpc) is 2.81. The van der Waals surface area contributed by atoms with Gasteiger partial charge >= 0.3 is 0 Å². The first-order chi connectivity index (χ1) is 12.6. The molecule has 6 nitrogen and oxygen atoms in total. The molecular formula is C19H18ClN3O3. The second-order valence-electron chi connectivity index (χ2n) is 6.24. The lowest BCUT2D eigenvalue weighted by Gasteiger charge is -2.12. The van der Waals surface area contributed by atoms with Crippen molar-refractivity contribution in [2.24, 2.45) is 7.05 Å². The van der Waals surface area contributed by atoms with Crippen molar-refractivity contribution in [3.8, 4) is 11.5 Å². The molecule has 0 aliphatic carbocycles. The van der Waals surface area contributed by atoms with Crippen molar-refractivity contribution < 1.29 is 14.3 Å². The molecule has 0 saturated carbocycles. The predicted octanol–water partition coefficient (Wildman–Crippen LogP) is 3.57. The van der Waals surface area contributed by atoms with Crippen molar-refractivity contribution in [2.75, 3.05) is 18.5 Å². The van der Waals surface area contributed by atoms with Crippen molar-refractivity contribution in [3.63, 3.8) is 0 Å². The minimum absolute atomic E-state index is 0.128. The van der Waals surface area contributed by atoms with Crippen LogP contribution in [-0.4, -0.2) is 28.7 Å². The molecule has 0 spiro atoms. The molecule has 26 heavy (non-hydrogen) atoms. The molecule has 0 bridgehead atoms. The number of carbonyl (C=O) groups excluding carboxylic acids is 1. The van der Waals surface area contributed by atoms with Crippen LogP contribution in [0.2, 0.25) is 5.02 Å². The van der Waals surface area contributed by atoms with E-state index >= 15 is 0 Å². The number of benzene rings is 2. The average molecular weight is 372 g/mol. The van der Waals surface area contributed by atoms with E-state index in [1.165, 1.54) is 0 Å². The van der Waals surface area contributed by atoms with Gasteiger partial charge in [0.05, 0.1) is 42.0 Å². The number of nitrogens with zero attached hydrogens (tertiary/aromatic N) is 2. The van der Waals surface area contributed by atoms with E-state index < -0.39 is 0 Å². The highest BCUT2D eigenvalue weighted by Crippen LogP contribution is 2.38. The van der Waals surface area contributed by atoms with Crippen LogP contribution in [0.5, 0.6) is 11.5 Å². The summed E-state index contributed by atoms with van der Waals surface area (Å²) >= 11 is 6.29. The van der Waals surface area contributed by atoms with Crippen LogP contribution in [0.25, 0.3) is 11.0 Å². The number of hydrogen-bond acceptors (Lipinski definition) is 4. The van der Waals surface area contributed by atoms with Gasteiger partial charge in [-0.1, -0.05) is 11.6 Å². The number of fused-ring (bicyclic) bond motifs is 2. The molecule has 0 saturated heterocycles. The summed E-state index contributed by atoms with van der Waals surface area (Å²) in [7, 11) is 1.92. The molecule has 4 rings (SSSR count). The summed E-state index contributed by atoms with van der Waals surface area (Å²) in [6, 6.07) is 9.19. The van der Waals surface area contributed by atoms with Gasteiger partial charge in [0.15, 0.2) is 11.5 Å². The molecule has 0 fully saturated rings. The predicted molar refractivity (Wildman–Crippen MR) is 100 cm³/mol. The molecular weight excluding hydrogens is 354 g/mol. The Morgan fingerprint density at radius 1 is 1.27 bits per heavy atom. The van der Waals surface area contributed by atoms with Gasteiger partial charge in [0.2, 0.25) is 5.91 Å². The van der Waals surface area contributed by atoms with E-state index in [1.807, 2.05) is 35.9 Å². The van der Waals surface area contributed by atoms with Crippen LogP contribution in [0.15, 0.2) is 36.7 Å². The number of imidazole rings is 1. The molecule has 1 aromatic heterocycles. The van der Waals surface area contributed by atoms with Gasteiger partial charge in [0.25, 0.3) is 0 Å². The number of rotatable bonds is 3. The molecule has 0 unspecified atom stereocenters. The van der Waals surface area contributed by atoms with Crippen LogP contribution in [0.1, 0.15) is 12.0 Å². The third-order valence-corrected chi connectivity index (χ3v) is 4.52. The fourth-order valence-electron chi connectivity index (χ4n) is 2.98. The zero-order valence-electron chi connectivity index (χ0n) is 14.3. The smallest absolute Gasteiger partial charge is 0.228 e. The Morgan fingerprint density at radius 2 is 2.12 bits per heavy atom. The number of ether oxygens (including phenoxy) is 2. The summed E-state index contributed by atoms with van der Waals surface area (Å²) < 4.78 is 13.2. The molecule has 1 aliphatic rings. The highest BCUT2D eigenvalue weighted by atomic mass is 35.5. The van der Waals surface area contributed by atoms with Crippen LogP contribution in [-0.2, 0) is 18.3 Å². The Kier molecular flexibility index (Phi) is 4.42. The molecule has 1 amide bonds. The number of carbonyl (C=O) groups is 1. The standard InChI is InChI=1S/C19H18ClN3O3/c1-23-11-21-15-4-3-13(10-16(15)23)22-18(24)9-12-7-14(20)19-17(8-12)25-5-2-6-26-19/h3-4,7-8,10-11H,2,5-6,9H2,1H3,(H,22,24). The lowest BCUT2D eigenvalue weighted by atomic mass is 10.1. The van der Waals surface area contributed by atoms with Gasteiger partial charge in [-0.2, -0.15) is 0 Å². The fraction of sp³-hybridized carbons (Fsp3) is 0.263. The van der Waals surface area contributed by atoms with E-state index in [-0.39, 0.29) is 12.3 Å². The van der Waals surface area contributed by atoms with E-state index in [9.17, 15) is 4.79 Å². The normalized spacial score (nSPS) is 13.5. The molecule has 1 N–H and O–H groups in total. The molecule has 0 atom stereocenters. The number of anilines is 1. The van der Waals surface area contributed by atoms with E-state index in [1.54, 1.807) is 12.4 Å². The first-order valence-electron chi connectivity index (χ1n) is 8.39. The monoisotopic (exact) mass is 371 g/mol. The first-order valence-corrected chi connectivity index (χ1v) is 8.77. The Labute approximate surface area is 155 Å². The third-order valence-electron chi connectivity index (χ3n) is 4.24. The highest BCUT2D eigenvalue weighted by Gasteiger charge is 2.17. The quantitative estimate of drug-likeness (QED) is 0.764. The molecule has 3 aromatic rings. The van der Waals surface area contributed by atoms with Gasteiger partial charge in [-0.3, -0.25) is 4.79 Å². The first kappa shape index (κ1) is 16.7. The van der Waals surface area contributed by atoms with Crippen molar-refractivity contribution in [1.29, 1.82) is 0 Å². The maximum absolute atomic E-state index is 12.4. The number of aryl methyl sites for hydroxylation is 1. The minimum atomic E-state index is -0.128. The van der Waals surface area contributed by atoms with E-state index in [0.29, 0.717) is 29.7 Å². The van der Waals surface area contributed by atoms with Crippen LogP contribution < -0.4 is 14.8 Å². The largest absolute Gasteiger partial charge is 0.489 e. The van der Waals surface area contributed by atoms with Gasteiger partial charge in [-0.15, -0.1) is 0 Å². The lowest BCUT2D eigenvalue weighted by Crippen LogP contribution is -2.14. The van der Waals surface area contributed by atoms with Crippen LogP contribution in [0, 0.1) is 0 Å². The topological polar surface area (TPSA) is 65.4 Å². The molecule has 7 heteroatoms. The van der Waals surface area contributed by atoms with Crippen LogP contribution in [0.4, 0.5) is 5.69 Å². The molecule has 1 aliphatic heterocycles. The SMILES string of the molecule is Cn1cnc2ccc(NC(=O)Cc3cc(Cl)c4c(c3)OCCCO4)cc21. The summed E-state index contributed by atoms with van der Waals surface area (Å²) in [6.45, 7) is 1.15. The van der Waals surface area contributed by atoms with Crippen molar-refractivity contribution in [2.45, 2.75) is 12.8 Å². The Morgan fingerprint density at radius 3 is 3.00 bits per heavy atom. The summed E-state index contributed by atoms with van der Waals surface area (Å²) in [5, 5.41) is 3.38. The Bertz CT molecular complexity index is 984. The summed E-state index contributed by atoms with van der Waals surface area (Å²) in [5.74, 6) is 1.01.